The largest absolute Gasteiger partial charge is 0.504 e. The van der Waals surface area contributed by atoms with Crippen molar-refractivity contribution >= 4 is 17.6 Å². The minimum absolute atomic E-state index is 0.0616. The molecule has 4 aliphatic carbocycles. The Hall–Kier alpha value is -2.11. The van der Waals surface area contributed by atoms with Crippen molar-refractivity contribution in [2.24, 2.45) is 23.2 Å². The average Bonchev–Trinajstić information content (AvgIpc) is 2.55. The monoisotopic (exact) mass is 343 g/mol. The van der Waals surface area contributed by atoms with Gasteiger partial charge in [-0.2, -0.15) is 0 Å². The van der Waals surface area contributed by atoms with Crippen LogP contribution in [0.5, 0.6) is 5.75 Å². The number of nitrogens with zero attached hydrogens (tertiary/aromatic N) is 1. The van der Waals surface area contributed by atoms with E-state index < -0.39 is 0 Å². The second kappa shape index (κ2) is 6.32. The fourth-order valence-corrected chi connectivity index (χ4v) is 5.55. The van der Waals surface area contributed by atoms with Crippen LogP contribution in [0, 0.1) is 23.2 Å². The summed E-state index contributed by atoms with van der Waals surface area (Å²) in [6.07, 6.45) is 8.68. The predicted octanol–water partition coefficient (Wildman–Crippen LogP) is 2.45. The maximum absolute atomic E-state index is 12.8. The first-order valence-corrected chi connectivity index (χ1v) is 9.26. The number of carbonyl (C=O) groups excluding carboxylic acids is 2. The first-order chi connectivity index (χ1) is 12.0. The number of amides is 2. The Morgan fingerprint density at radius 2 is 1.80 bits per heavy atom. The molecule has 0 saturated heterocycles. The van der Waals surface area contributed by atoms with Crippen LogP contribution in [0.25, 0.3) is 0 Å². The Morgan fingerprint density at radius 3 is 2.40 bits per heavy atom. The Labute approximate surface area is 147 Å². The van der Waals surface area contributed by atoms with Gasteiger partial charge in [0, 0.05) is 24.6 Å². The van der Waals surface area contributed by atoms with E-state index in [1.165, 1.54) is 31.5 Å². The van der Waals surface area contributed by atoms with E-state index in [4.69, 9.17) is 0 Å². The summed E-state index contributed by atoms with van der Waals surface area (Å²) in [4.78, 5) is 28.7. The van der Waals surface area contributed by atoms with Crippen LogP contribution in [-0.4, -0.2) is 28.4 Å². The lowest BCUT2D eigenvalue weighted by atomic mass is 9.49. The summed E-state index contributed by atoms with van der Waals surface area (Å²) in [6.45, 7) is 0.319. The molecule has 2 amide bonds. The Bertz CT molecular complexity index is 653. The van der Waals surface area contributed by atoms with Crippen LogP contribution in [0.3, 0.4) is 0 Å². The summed E-state index contributed by atoms with van der Waals surface area (Å²) in [5.41, 5.74) is -0.176. The number of aromatic hydroxyl groups is 1. The van der Waals surface area contributed by atoms with Gasteiger partial charge in [0.2, 0.25) is 11.8 Å². The molecule has 6 nitrogen and oxygen atoms in total. The smallest absolute Gasteiger partial charge is 0.227 e. The molecular formula is C19H25N3O3. The van der Waals surface area contributed by atoms with Gasteiger partial charge in [-0.3, -0.25) is 9.59 Å². The first kappa shape index (κ1) is 16.4. The highest BCUT2D eigenvalue weighted by molar-refractivity contribution is 5.91. The van der Waals surface area contributed by atoms with Crippen molar-refractivity contribution in [2.45, 2.75) is 44.9 Å². The third-order valence-electron chi connectivity index (χ3n) is 6.20. The Kier molecular flexibility index (Phi) is 4.13. The van der Waals surface area contributed by atoms with Crippen molar-refractivity contribution in [1.29, 1.82) is 0 Å². The minimum Gasteiger partial charge on any atom is -0.504 e. The van der Waals surface area contributed by atoms with Gasteiger partial charge < -0.3 is 15.7 Å². The number of aromatic nitrogens is 1. The molecular weight excluding hydrogens is 318 g/mol. The summed E-state index contributed by atoms with van der Waals surface area (Å²) < 4.78 is 0. The van der Waals surface area contributed by atoms with E-state index in [1.807, 2.05) is 0 Å². The lowest BCUT2D eigenvalue weighted by molar-refractivity contribution is -0.146. The van der Waals surface area contributed by atoms with E-state index in [2.05, 4.69) is 15.6 Å². The number of rotatable bonds is 5. The molecule has 4 fully saturated rings. The molecule has 3 N–H and O–H groups in total. The number of pyridine rings is 1. The molecule has 6 heteroatoms. The van der Waals surface area contributed by atoms with Crippen LogP contribution in [-0.2, 0) is 9.59 Å². The molecule has 4 bridgehead atoms. The van der Waals surface area contributed by atoms with Crippen molar-refractivity contribution in [1.82, 2.24) is 10.3 Å². The molecule has 0 atom stereocenters. The lowest BCUT2D eigenvalue weighted by Gasteiger charge is -2.55. The zero-order valence-electron chi connectivity index (χ0n) is 14.3. The van der Waals surface area contributed by atoms with Crippen LogP contribution in [0.2, 0.25) is 0 Å². The number of hydrogen-bond acceptors (Lipinski definition) is 4. The molecule has 0 radical (unpaired) electrons. The first-order valence-electron chi connectivity index (χ1n) is 9.26. The molecule has 134 valence electrons. The molecule has 5 rings (SSSR count). The van der Waals surface area contributed by atoms with Crippen molar-refractivity contribution in [3.8, 4) is 5.75 Å². The van der Waals surface area contributed by atoms with Crippen LogP contribution >= 0.6 is 0 Å². The highest BCUT2D eigenvalue weighted by Gasteiger charge is 2.54. The van der Waals surface area contributed by atoms with Gasteiger partial charge in [0.1, 0.15) is 0 Å². The van der Waals surface area contributed by atoms with Crippen molar-refractivity contribution in [3.63, 3.8) is 0 Å². The molecule has 4 aliphatic rings. The number of carbonyl (C=O) groups is 2. The van der Waals surface area contributed by atoms with E-state index in [-0.39, 0.29) is 35.2 Å². The van der Waals surface area contributed by atoms with Crippen LogP contribution < -0.4 is 10.6 Å². The zero-order chi connectivity index (χ0) is 17.4. The second-order valence-electron chi connectivity index (χ2n) is 8.12. The van der Waals surface area contributed by atoms with Gasteiger partial charge in [0.25, 0.3) is 0 Å². The zero-order valence-corrected chi connectivity index (χ0v) is 14.3. The summed E-state index contributed by atoms with van der Waals surface area (Å²) >= 11 is 0. The molecule has 1 aromatic rings. The van der Waals surface area contributed by atoms with Crippen LogP contribution in [0.1, 0.15) is 44.9 Å². The summed E-state index contributed by atoms with van der Waals surface area (Å²) in [5.74, 6) is 2.15. The summed E-state index contributed by atoms with van der Waals surface area (Å²) in [7, 11) is 0. The van der Waals surface area contributed by atoms with Gasteiger partial charge in [-0.05, 0) is 68.4 Å². The maximum atomic E-state index is 12.8. The average molecular weight is 343 g/mol. The third kappa shape index (κ3) is 3.22. The van der Waals surface area contributed by atoms with Gasteiger partial charge >= 0.3 is 0 Å². The Morgan fingerprint density at radius 1 is 1.16 bits per heavy atom. The summed E-state index contributed by atoms with van der Waals surface area (Å²) in [5, 5.41) is 15.2. The van der Waals surface area contributed by atoms with Gasteiger partial charge in [0.05, 0.1) is 0 Å². The normalized spacial score (nSPS) is 32.4. The molecule has 0 unspecified atom stereocenters. The molecule has 1 heterocycles. The van der Waals surface area contributed by atoms with Gasteiger partial charge in [0.15, 0.2) is 11.6 Å². The maximum Gasteiger partial charge on any atom is 0.227 e. The number of anilines is 1. The topological polar surface area (TPSA) is 91.3 Å². The molecule has 1 aromatic heterocycles. The molecule has 25 heavy (non-hydrogen) atoms. The van der Waals surface area contributed by atoms with Crippen LogP contribution in [0.15, 0.2) is 18.3 Å². The molecule has 0 spiro atoms. The van der Waals surface area contributed by atoms with Crippen molar-refractivity contribution in [2.75, 3.05) is 11.9 Å². The molecule has 0 aromatic carbocycles. The van der Waals surface area contributed by atoms with E-state index in [0.29, 0.717) is 6.54 Å². The third-order valence-corrected chi connectivity index (χ3v) is 6.20. The fraction of sp³-hybridized carbons (Fsp3) is 0.632. The standard InChI is InChI=1S/C19H25N3O3/c23-15-2-1-4-20-17(15)22-16(24)3-5-21-18(25)19-9-12-6-13(10-19)8-14(7-12)11-19/h1-2,4,12-14,23H,3,5-11H2,(H,21,25)(H,20,22,24). The highest BCUT2D eigenvalue weighted by Crippen LogP contribution is 2.60. The second-order valence-corrected chi connectivity index (χ2v) is 8.12. The van der Waals surface area contributed by atoms with Crippen molar-refractivity contribution < 1.29 is 14.7 Å². The quantitative estimate of drug-likeness (QED) is 0.766. The van der Waals surface area contributed by atoms with Gasteiger partial charge in [-0.1, -0.05) is 0 Å². The highest BCUT2D eigenvalue weighted by atomic mass is 16.3. The Balaban J connectivity index is 1.28. The van der Waals surface area contributed by atoms with E-state index in [9.17, 15) is 14.7 Å². The van der Waals surface area contributed by atoms with Crippen LogP contribution in [0.4, 0.5) is 5.82 Å². The molecule has 4 saturated carbocycles. The predicted molar refractivity (Wildman–Crippen MR) is 92.8 cm³/mol. The number of nitrogens with one attached hydrogen (secondary N) is 2. The summed E-state index contributed by atoms with van der Waals surface area (Å²) in [6, 6.07) is 3.06. The fourth-order valence-electron chi connectivity index (χ4n) is 5.55. The number of hydrogen-bond donors (Lipinski definition) is 3. The van der Waals surface area contributed by atoms with E-state index in [0.717, 1.165) is 37.0 Å². The van der Waals surface area contributed by atoms with E-state index >= 15 is 0 Å². The van der Waals surface area contributed by atoms with Gasteiger partial charge in [-0.15, -0.1) is 0 Å². The van der Waals surface area contributed by atoms with Crippen molar-refractivity contribution in [3.05, 3.63) is 18.3 Å². The lowest BCUT2D eigenvalue weighted by Crippen LogP contribution is -2.53. The SMILES string of the molecule is O=C(CCNC(=O)C12CC3CC(CC(C3)C1)C2)Nc1ncccc1O. The van der Waals surface area contributed by atoms with E-state index in [1.54, 1.807) is 6.07 Å². The van der Waals surface area contributed by atoms with Gasteiger partial charge in [-0.25, -0.2) is 4.98 Å². The minimum atomic E-state index is -0.264. The molecule has 0 aliphatic heterocycles.